The van der Waals surface area contributed by atoms with Gasteiger partial charge in [-0.05, 0) is 69.0 Å². The molecule has 3 aromatic rings. The average molecular weight is 561 g/mol. The largest absolute Gasteiger partial charge is 0.459 e. The van der Waals surface area contributed by atoms with Gasteiger partial charge >= 0.3 is 11.9 Å². The first-order chi connectivity index (χ1) is 19.9. The van der Waals surface area contributed by atoms with Gasteiger partial charge in [-0.15, -0.1) is 0 Å². The topological polar surface area (TPSA) is 101 Å². The molecule has 1 amide bonds. The average Bonchev–Trinajstić information content (AvgIpc) is 3.01. The molecule has 41 heavy (non-hydrogen) atoms. The van der Waals surface area contributed by atoms with Crippen LogP contribution >= 0.6 is 0 Å². The maximum absolute atomic E-state index is 12.8. The van der Waals surface area contributed by atoms with E-state index in [1.54, 1.807) is 43.5 Å². The van der Waals surface area contributed by atoms with Crippen LogP contribution in [0.1, 0.15) is 43.6 Å². The molecule has 1 saturated heterocycles. The number of rotatable bonds is 9. The highest BCUT2D eigenvalue weighted by molar-refractivity contribution is 6.37. The van der Waals surface area contributed by atoms with E-state index in [2.05, 4.69) is 45.6 Å². The lowest BCUT2D eigenvalue weighted by molar-refractivity contribution is -0.152. The van der Waals surface area contributed by atoms with Crippen LogP contribution in [0, 0.1) is 0 Å². The van der Waals surface area contributed by atoms with E-state index in [0.29, 0.717) is 24.5 Å². The molecule has 0 radical (unpaired) electrons. The minimum Gasteiger partial charge on any atom is -0.459 e. The highest BCUT2D eigenvalue weighted by Crippen LogP contribution is 2.31. The van der Waals surface area contributed by atoms with Crippen LogP contribution in [0.5, 0.6) is 0 Å². The molecule has 1 aromatic heterocycles. The van der Waals surface area contributed by atoms with Crippen LogP contribution in [-0.2, 0) is 19.1 Å². The van der Waals surface area contributed by atoms with Gasteiger partial charge in [0, 0.05) is 41.5 Å². The number of carbonyl (C=O) groups excluding carboxylic acids is 3. The summed E-state index contributed by atoms with van der Waals surface area (Å²) in [6.07, 6.45) is 5.08. The van der Waals surface area contributed by atoms with Crippen molar-refractivity contribution in [2.75, 3.05) is 62.8 Å². The Morgan fingerprint density at radius 2 is 1.63 bits per heavy atom. The first kappa shape index (κ1) is 31.4. The van der Waals surface area contributed by atoms with Gasteiger partial charge in [-0.1, -0.05) is 39.0 Å². The van der Waals surface area contributed by atoms with Crippen LogP contribution in [-0.4, -0.2) is 80.1 Å². The zero-order valence-corrected chi connectivity index (χ0v) is 24.4. The fourth-order valence-corrected chi connectivity index (χ4v) is 4.43. The third-order valence-corrected chi connectivity index (χ3v) is 6.75. The maximum atomic E-state index is 12.8. The number of ketones is 1. The minimum atomic E-state index is -0.953. The van der Waals surface area contributed by atoms with Crippen LogP contribution in [0.15, 0.2) is 60.8 Å². The van der Waals surface area contributed by atoms with Crippen molar-refractivity contribution in [1.82, 2.24) is 9.88 Å². The number of hydrogen-bond donors (Lipinski definition) is 1. The first-order valence-electron chi connectivity index (χ1n) is 14.1. The van der Waals surface area contributed by atoms with Crippen LogP contribution in [0.25, 0.3) is 17.0 Å². The lowest BCUT2D eigenvalue weighted by atomic mass is 10.1. The predicted molar refractivity (Wildman–Crippen MR) is 163 cm³/mol. The summed E-state index contributed by atoms with van der Waals surface area (Å²) >= 11 is 0. The van der Waals surface area contributed by atoms with Crippen molar-refractivity contribution in [2.45, 2.75) is 27.7 Å². The molecule has 0 atom stereocenters. The Kier molecular flexibility index (Phi) is 12.5. The van der Waals surface area contributed by atoms with Gasteiger partial charge in [-0.2, -0.15) is 0 Å². The fourth-order valence-electron chi connectivity index (χ4n) is 4.43. The van der Waals surface area contributed by atoms with E-state index >= 15 is 0 Å². The number of ether oxygens (including phenoxy) is 2. The second kappa shape index (κ2) is 16.2. The Labute approximate surface area is 242 Å². The molecule has 0 aliphatic carbocycles. The van der Waals surface area contributed by atoms with E-state index in [1.165, 1.54) is 25.7 Å². The summed E-state index contributed by atoms with van der Waals surface area (Å²) in [6, 6.07) is 14.3. The molecule has 0 spiro atoms. The molecule has 0 unspecified atom stereocenters. The Morgan fingerprint density at radius 1 is 0.976 bits per heavy atom. The van der Waals surface area contributed by atoms with E-state index in [9.17, 15) is 14.4 Å². The predicted octanol–water partition coefficient (Wildman–Crippen LogP) is 4.82. The van der Waals surface area contributed by atoms with Gasteiger partial charge in [0.25, 0.3) is 0 Å². The number of nitrogens with zero attached hydrogens (tertiary/aromatic N) is 3. The number of hydrogen-bond acceptors (Lipinski definition) is 8. The first-order valence-corrected chi connectivity index (χ1v) is 14.1. The Bertz CT molecular complexity index is 1320. The monoisotopic (exact) mass is 560 g/mol. The Hall–Kier alpha value is -4.08. The summed E-state index contributed by atoms with van der Waals surface area (Å²) in [5.74, 6) is -2.00. The number of allylic oxidation sites excluding steroid dienone is 1. The van der Waals surface area contributed by atoms with Crippen molar-refractivity contribution in [3.8, 4) is 0 Å². The number of anilines is 2. The lowest BCUT2D eigenvalue weighted by Gasteiger charge is -2.31. The normalized spacial score (nSPS) is 13.1. The number of carbonyl (C=O) groups is 3. The summed E-state index contributed by atoms with van der Waals surface area (Å²) in [5.41, 5.74) is 3.63. The van der Waals surface area contributed by atoms with Gasteiger partial charge in [0.15, 0.2) is 5.78 Å². The number of pyridine rings is 1. The molecule has 1 aliphatic rings. The summed E-state index contributed by atoms with van der Waals surface area (Å²) < 4.78 is 10.2. The van der Waals surface area contributed by atoms with E-state index in [1.807, 2.05) is 24.3 Å². The molecular weight excluding hydrogens is 520 g/mol. The van der Waals surface area contributed by atoms with Crippen LogP contribution in [0.2, 0.25) is 0 Å². The maximum Gasteiger partial charge on any atom is 0.397 e. The summed E-state index contributed by atoms with van der Waals surface area (Å²) in [7, 11) is 0. The number of esters is 1. The van der Waals surface area contributed by atoms with E-state index in [0.717, 1.165) is 35.2 Å². The lowest BCUT2D eigenvalue weighted by Crippen LogP contribution is -2.36. The number of benzene rings is 2. The molecule has 0 saturated carbocycles. The number of nitrogens with one attached hydrogen (secondary N) is 1. The van der Waals surface area contributed by atoms with Gasteiger partial charge < -0.3 is 24.6 Å². The molecule has 2 aromatic carbocycles. The van der Waals surface area contributed by atoms with E-state index in [-0.39, 0.29) is 12.4 Å². The SMILES string of the molecule is CCN(CC)CC.CCOC(=O)C(=O)Nc1ccc(C(=O)C=Cc2cnc3ccccc3c2N2CCOCC2)cc1. The van der Waals surface area contributed by atoms with Gasteiger partial charge in [0.05, 0.1) is 31.0 Å². The van der Waals surface area contributed by atoms with Crippen molar-refractivity contribution in [1.29, 1.82) is 0 Å². The van der Waals surface area contributed by atoms with Crippen LogP contribution in [0.3, 0.4) is 0 Å². The van der Waals surface area contributed by atoms with Gasteiger partial charge in [-0.25, -0.2) is 4.79 Å². The molecule has 0 bridgehead atoms. The summed E-state index contributed by atoms with van der Waals surface area (Å²) in [5, 5.41) is 3.47. The quantitative estimate of drug-likeness (QED) is 0.172. The van der Waals surface area contributed by atoms with Crippen molar-refractivity contribution >= 4 is 46.0 Å². The highest BCUT2D eigenvalue weighted by atomic mass is 16.5. The number of amides is 1. The van der Waals surface area contributed by atoms with Gasteiger partial charge in [0.2, 0.25) is 0 Å². The number of aromatic nitrogens is 1. The summed E-state index contributed by atoms with van der Waals surface area (Å²) in [6.45, 7) is 14.7. The molecule has 218 valence electrons. The molecule has 4 rings (SSSR count). The molecule has 9 heteroatoms. The zero-order chi connectivity index (χ0) is 29.6. The molecule has 9 nitrogen and oxygen atoms in total. The second-order valence-electron chi connectivity index (χ2n) is 9.25. The van der Waals surface area contributed by atoms with E-state index < -0.39 is 11.9 Å². The van der Waals surface area contributed by atoms with Gasteiger partial charge in [0.1, 0.15) is 0 Å². The van der Waals surface area contributed by atoms with Crippen LogP contribution in [0.4, 0.5) is 11.4 Å². The van der Waals surface area contributed by atoms with Crippen LogP contribution < -0.4 is 10.2 Å². The molecule has 2 heterocycles. The highest BCUT2D eigenvalue weighted by Gasteiger charge is 2.18. The summed E-state index contributed by atoms with van der Waals surface area (Å²) in [4.78, 5) is 45.2. The molecular formula is C32H40N4O5. The standard InChI is InChI=1S/C26H25N3O5.C6H15N/c1-2-34-26(32)25(31)28-20-10-7-18(8-11-20)23(30)12-9-19-17-27-22-6-4-3-5-21(22)24(19)29-13-15-33-16-14-29;1-4-7(5-2)6-3/h3-12,17H,2,13-16H2,1H3,(H,28,31);4-6H2,1-3H3. The molecule has 1 aliphatic heterocycles. The smallest absolute Gasteiger partial charge is 0.397 e. The third-order valence-electron chi connectivity index (χ3n) is 6.75. The zero-order valence-electron chi connectivity index (χ0n) is 24.4. The Morgan fingerprint density at radius 3 is 2.24 bits per heavy atom. The minimum absolute atomic E-state index is 0.117. The number of para-hydroxylation sites is 1. The van der Waals surface area contributed by atoms with Crippen molar-refractivity contribution in [3.63, 3.8) is 0 Å². The molecule has 1 N–H and O–H groups in total. The van der Waals surface area contributed by atoms with Crippen molar-refractivity contribution < 1.29 is 23.9 Å². The van der Waals surface area contributed by atoms with Crippen molar-refractivity contribution in [3.05, 3.63) is 71.9 Å². The van der Waals surface area contributed by atoms with E-state index in [4.69, 9.17) is 4.74 Å². The number of morpholine rings is 1. The number of fused-ring (bicyclic) bond motifs is 1. The Balaban J connectivity index is 0.000000587. The van der Waals surface area contributed by atoms with Gasteiger partial charge in [-0.3, -0.25) is 14.6 Å². The second-order valence-corrected chi connectivity index (χ2v) is 9.25. The fraction of sp³-hybridized carbons (Fsp3) is 0.375. The third kappa shape index (κ3) is 8.96. The van der Waals surface area contributed by atoms with Crippen molar-refractivity contribution in [2.24, 2.45) is 0 Å². The molecule has 1 fully saturated rings.